The molecule has 2 rings (SSSR count). The van der Waals surface area contributed by atoms with Gasteiger partial charge in [0.2, 0.25) is 11.8 Å². The maximum atomic E-state index is 11.7. The highest BCUT2D eigenvalue weighted by Gasteiger charge is 2.07. The summed E-state index contributed by atoms with van der Waals surface area (Å²) < 4.78 is 5.58. The number of hydrogen-bond acceptors (Lipinski definition) is 4. The minimum atomic E-state index is -0.0173. The number of carbonyl (C=O) groups is 1. The van der Waals surface area contributed by atoms with Gasteiger partial charge in [-0.1, -0.05) is 23.2 Å². The molecule has 0 saturated heterocycles. The number of amides is 1. The molecule has 5 nitrogen and oxygen atoms in total. The largest absolute Gasteiger partial charge is 0.438 e. The van der Waals surface area contributed by atoms with E-state index in [1.54, 1.807) is 30.3 Å². The number of ether oxygens (including phenoxy) is 1. The Hall–Kier alpha value is -1.82. The predicted molar refractivity (Wildman–Crippen MR) is 92.6 cm³/mol. The number of hydrogen-bond donors (Lipinski definition) is 2. The fourth-order valence-electron chi connectivity index (χ4n) is 1.84. The number of benzene rings is 1. The Bertz CT molecular complexity index is 663. The van der Waals surface area contributed by atoms with Gasteiger partial charge >= 0.3 is 0 Å². The first-order valence-corrected chi connectivity index (χ1v) is 7.87. The van der Waals surface area contributed by atoms with Crippen LogP contribution < -0.4 is 15.4 Å². The Morgan fingerprint density at radius 2 is 2.00 bits per heavy atom. The van der Waals surface area contributed by atoms with Crippen LogP contribution in [0.5, 0.6) is 11.6 Å². The third-order valence-electron chi connectivity index (χ3n) is 2.96. The average molecular weight is 354 g/mol. The van der Waals surface area contributed by atoms with Crippen molar-refractivity contribution in [2.45, 2.75) is 12.8 Å². The molecular formula is C16H17Cl2N3O2. The van der Waals surface area contributed by atoms with Gasteiger partial charge < -0.3 is 15.4 Å². The van der Waals surface area contributed by atoms with Crippen LogP contribution in [0, 0.1) is 0 Å². The Morgan fingerprint density at radius 3 is 2.65 bits per heavy atom. The maximum absolute atomic E-state index is 11.7. The van der Waals surface area contributed by atoms with E-state index < -0.39 is 0 Å². The molecule has 1 aromatic heterocycles. The van der Waals surface area contributed by atoms with Crippen molar-refractivity contribution in [2.75, 3.05) is 18.9 Å². The zero-order valence-corrected chi connectivity index (χ0v) is 14.1. The van der Waals surface area contributed by atoms with Gasteiger partial charge in [0.05, 0.1) is 5.02 Å². The number of rotatable bonds is 7. The molecule has 0 radical (unpaired) electrons. The highest BCUT2D eigenvalue weighted by molar-refractivity contribution is 6.35. The fraction of sp³-hybridized carbons (Fsp3) is 0.250. The van der Waals surface area contributed by atoms with Crippen molar-refractivity contribution in [3.05, 3.63) is 46.6 Å². The van der Waals surface area contributed by atoms with Gasteiger partial charge in [0.15, 0.2) is 0 Å². The number of carbonyl (C=O) groups excluding carboxylic acids is 1. The van der Waals surface area contributed by atoms with Crippen LogP contribution in [0.1, 0.15) is 12.8 Å². The van der Waals surface area contributed by atoms with Crippen LogP contribution in [0.4, 0.5) is 5.69 Å². The highest BCUT2D eigenvalue weighted by atomic mass is 35.5. The van der Waals surface area contributed by atoms with Gasteiger partial charge in [-0.05, 0) is 50.3 Å². The molecule has 0 fully saturated rings. The number of aromatic nitrogens is 1. The van der Waals surface area contributed by atoms with Crippen LogP contribution >= 0.6 is 23.2 Å². The lowest BCUT2D eigenvalue weighted by molar-refractivity contribution is -0.116. The summed E-state index contributed by atoms with van der Waals surface area (Å²) in [7, 11) is 1.86. The van der Waals surface area contributed by atoms with Crippen molar-refractivity contribution in [1.29, 1.82) is 0 Å². The lowest BCUT2D eigenvalue weighted by Crippen LogP contribution is -2.15. The summed E-state index contributed by atoms with van der Waals surface area (Å²) in [4.78, 5) is 15.8. The van der Waals surface area contributed by atoms with Crippen molar-refractivity contribution in [1.82, 2.24) is 10.3 Å². The van der Waals surface area contributed by atoms with E-state index in [9.17, 15) is 4.79 Å². The quantitative estimate of drug-likeness (QED) is 0.735. The number of pyridine rings is 1. The van der Waals surface area contributed by atoms with Crippen LogP contribution in [0.2, 0.25) is 10.0 Å². The van der Waals surface area contributed by atoms with Crippen molar-refractivity contribution in [3.8, 4) is 11.6 Å². The molecule has 0 unspecified atom stereocenters. The van der Waals surface area contributed by atoms with E-state index >= 15 is 0 Å². The molecule has 0 spiro atoms. The van der Waals surface area contributed by atoms with E-state index in [4.69, 9.17) is 27.9 Å². The molecule has 1 amide bonds. The number of nitrogens with one attached hydrogen (secondary N) is 2. The third kappa shape index (κ3) is 5.71. The number of halogens is 2. The van der Waals surface area contributed by atoms with Gasteiger partial charge in [0.1, 0.15) is 10.8 Å². The third-order valence-corrected chi connectivity index (χ3v) is 3.43. The smallest absolute Gasteiger partial charge is 0.238 e. The molecule has 122 valence electrons. The summed E-state index contributed by atoms with van der Waals surface area (Å²) in [6.45, 7) is 0.815. The molecule has 0 aliphatic heterocycles. The predicted octanol–water partition coefficient (Wildman–Crippen LogP) is 4.12. The topological polar surface area (TPSA) is 63.2 Å². The van der Waals surface area contributed by atoms with Crippen molar-refractivity contribution < 1.29 is 9.53 Å². The Kier molecular flexibility index (Phi) is 6.65. The van der Waals surface area contributed by atoms with Gasteiger partial charge in [0, 0.05) is 18.3 Å². The van der Waals surface area contributed by atoms with Crippen molar-refractivity contribution in [3.63, 3.8) is 0 Å². The van der Waals surface area contributed by atoms with E-state index in [0.717, 1.165) is 13.0 Å². The molecular weight excluding hydrogens is 337 g/mol. The van der Waals surface area contributed by atoms with Gasteiger partial charge in [-0.3, -0.25) is 4.79 Å². The highest BCUT2D eigenvalue weighted by Crippen LogP contribution is 2.29. The summed E-state index contributed by atoms with van der Waals surface area (Å²) in [6.07, 6.45) is 2.73. The van der Waals surface area contributed by atoms with Gasteiger partial charge in [0.25, 0.3) is 0 Å². The second kappa shape index (κ2) is 8.72. The van der Waals surface area contributed by atoms with Crippen LogP contribution in [0.3, 0.4) is 0 Å². The van der Waals surface area contributed by atoms with E-state index in [1.165, 1.54) is 6.20 Å². The Balaban J connectivity index is 1.92. The van der Waals surface area contributed by atoms with Crippen LogP contribution in [-0.4, -0.2) is 24.5 Å². The molecule has 0 aliphatic carbocycles. The SMILES string of the molecule is CNCCCC(=O)Nc1ccc(Oc2ncc(Cl)cc2Cl)cc1. The number of anilines is 1. The standard InChI is InChI=1S/C16H17Cl2N3O2/c1-19-8-2-3-15(22)21-12-4-6-13(7-5-12)23-16-14(18)9-11(17)10-20-16/h4-7,9-10,19H,2-3,8H2,1H3,(H,21,22). The molecule has 0 saturated carbocycles. The van der Waals surface area contributed by atoms with Crippen LogP contribution in [-0.2, 0) is 4.79 Å². The first-order valence-electron chi connectivity index (χ1n) is 7.12. The molecule has 23 heavy (non-hydrogen) atoms. The second-order valence-electron chi connectivity index (χ2n) is 4.82. The van der Waals surface area contributed by atoms with E-state index in [0.29, 0.717) is 27.9 Å². The van der Waals surface area contributed by atoms with Gasteiger partial charge in [-0.2, -0.15) is 0 Å². The van der Waals surface area contributed by atoms with E-state index in [2.05, 4.69) is 15.6 Å². The summed E-state index contributed by atoms with van der Waals surface area (Å²) in [6, 6.07) is 8.54. The number of nitrogens with zero attached hydrogens (tertiary/aromatic N) is 1. The normalized spacial score (nSPS) is 10.4. The molecule has 0 bridgehead atoms. The fourth-order valence-corrected chi connectivity index (χ4v) is 2.26. The lowest BCUT2D eigenvalue weighted by Gasteiger charge is -2.08. The summed E-state index contributed by atoms with van der Waals surface area (Å²) in [5.74, 6) is 0.825. The van der Waals surface area contributed by atoms with E-state index in [1.807, 2.05) is 7.05 Å². The first-order chi connectivity index (χ1) is 11.1. The zero-order chi connectivity index (χ0) is 16.7. The molecule has 7 heteroatoms. The average Bonchev–Trinajstić information content (AvgIpc) is 2.52. The van der Waals surface area contributed by atoms with E-state index in [-0.39, 0.29) is 11.8 Å². The summed E-state index contributed by atoms with van der Waals surface area (Å²) >= 11 is 11.8. The Morgan fingerprint density at radius 1 is 1.26 bits per heavy atom. The van der Waals surface area contributed by atoms with Gasteiger partial charge in [-0.25, -0.2) is 4.98 Å². The zero-order valence-electron chi connectivity index (χ0n) is 12.6. The molecule has 0 aliphatic rings. The minimum absolute atomic E-state index is 0.0173. The van der Waals surface area contributed by atoms with Crippen LogP contribution in [0.25, 0.3) is 0 Å². The van der Waals surface area contributed by atoms with Crippen molar-refractivity contribution in [2.24, 2.45) is 0 Å². The van der Waals surface area contributed by atoms with Gasteiger partial charge in [-0.15, -0.1) is 0 Å². The molecule has 0 atom stereocenters. The summed E-state index contributed by atoms with van der Waals surface area (Å²) in [5, 5.41) is 6.61. The molecule has 2 N–H and O–H groups in total. The maximum Gasteiger partial charge on any atom is 0.238 e. The molecule has 1 heterocycles. The Labute approximate surface area is 145 Å². The molecule has 1 aromatic carbocycles. The van der Waals surface area contributed by atoms with Crippen LogP contribution in [0.15, 0.2) is 36.5 Å². The second-order valence-corrected chi connectivity index (χ2v) is 5.67. The monoisotopic (exact) mass is 353 g/mol. The minimum Gasteiger partial charge on any atom is -0.438 e. The van der Waals surface area contributed by atoms with Crippen molar-refractivity contribution >= 4 is 34.8 Å². The summed E-state index contributed by atoms with van der Waals surface area (Å²) in [5.41, 5.74) is 0.710. The lowest BCUT2D eigenvalue weighted by atomic mass is 10.2. The molecule has 2 aromatic rings. The first kappa shape index (κ1) is 17.5.